The number of hydrogen-bond donors (Lipinski definition) is 1. The van der Waals surface area contributed by atoms with Crippen molar-refractivity contribution in [2.75, 3.05) is 32.1 Å². The predicted molar refractivity (Wildman–Crippen MR) is 83.1 cm³/mol. The van der Waals surface area contributed by atoms with Gasteiger partial charge in [0.2, 0.25) is 0 Å². The van der Waals surface area contributed by atoms with Crippen molar-refractivity contribution < 1.29 is 4.74 Å². The second-order valence-electron chi connectivity index (χ2n) is 5.08. The van der Waals surface area contributed by atoms with Gasteiger partial charge in [0, 0.05) is 30.9 Å². The molecule has 0 bridgehead atoms. The van der Waals surface area contributed by atoms with Crippen LogP contribution in [0.2, 0.25) is 0 Å². The molecule has 110 valence electrons. The molecule has 1 aromatic rings. The fourth-order valence-electron chi connectivity index (χ4n) is 2.44. The van der Waals surface area contributed by atoms with Gasteiger partial charge in [-0.15, -0.1) is 0 Å². The van der Waals surface area contributed by atoms with E-state index in [1.165, 1.54) is 0 Å². The lowest BCUT2D eigenvalue weighted by Crippen LogP contribution is -2.27. The van der Waals surface area contributed by atoms with Gasteiger partial charge in [-0.1, -0.05) is 13.0 Å². The molecule has 0 aromatic heterocycles. The van der Waals surface area contributed by atoms with Crippen LogP contribution in [0.4, 0.5) is 5.69 Å². The molecule has 0 aliphatic rings. The average Bonchev–Trinajstić information content (AvgIpc) is 2.46. The first-order valence-corrected chi connectivity index (χ1v) is 7.06. The molecule has 1 aromatic carbocycles. The molecule has 0 amide bonds. The van der Waals surface area contributed by atoms with E-state index in [0.29, 0.717) is 6.54 Å². The molecular formula is C16H25N3O. The summed E-state index contributed by atoms with van der Waals surface area (Å²) in [6.45, 7) is 7.76. The van der Waals surface area contributed by atoms with Gasteiger partial charge >= 0.3 is 0 Å². The van der Waals surface area contributed by atoms with Crippen LogP contribution in [0, 0.1) is 17.2 Å². The molecule has 20 heavy (non-hydrogen) atoms. The highest BCUT2D eigenvalue weighted by Crippen LogP contribution is 2.34. The normalized spacial score (nSPS) is 13.4. The van der Waals surface area contributed by atoms with E-state index in [-0.39, 0.29) is 12.0 Å². The van der Waals surface area contributed by atoms with E-state index < -0.39 is 0 Å². The Bertz CT molecular complexity index is 467. The smallest absolute Gasteiger partial charge is 0.125 e. The maximum Gasteiger partial charge on any atom is 0.125 e. The molecule has 2 atom stereocenters. The van der Waals surface area contributed by atoms with Gasteiger partial charge in [0.25, 0.3) is 0 Å². The van der Waals surface area contributed by atoms with Crippen LogP contribution in [0.5, 0.6) is 5.75 Å². The second kappa shape index (κ2) is 7.76. The minimum Gasteiger partial charge on any atom is -0.496 e. The molecule has 4 heteroatoms. The molecule has 0 heterocycles. The summed E-state index contributed by atoms with van der Waals surface area (Å²) in [4.78, 5) is 2.12. The monoisotopic (exact) mass is 275 g/mol. The van der Waals surface area contributed by atoms with Gasteiger partial charge in [-0.25, -0.2) is 0 Å². The minimum atomic E-state index is -0.00603. The predicted octanol–water partition coefficient (Wildman–Crippen LogP) is 2.96. The number of nitrogens with zero attached hydrogens (tertiary/aromatic N) is 2. The molecular weight excluding hydrogens is 250 g/mol. The van der Waals surface area contributed by atoms with Gasteiger partial charge in [0.05, 0.1) is 19.1 Å². The Balaban J connectivity index is 3.14. The summed E-state index contributed by atoms with van der Waals surface area (Å²) in [5.41, 5.74) is 2.25. The topological polar surface area (TPSA) is 48.3 Å². The van der Waals surface area contributed by atoms with Gasteiger partial charge in [0.15, 0.2) is 0 Å². The standard InChI is InChI=1S/C16H25N3O/c1-6-18-13(3)16-14(8-7-9-15(16)20-5)19(4)11-12(2)10-17/h7-9,12-13,18H,6,11H2,1-5H3. The summed E-state index contributed by atoms with van der Waals surface area (Å²) >= 11 is 0. The van der Waals surface area contributed by atoms with E-state index in [1.54, 1.807) is 7.11 Å². The zero-order valence-corrected chi connectivity index (χ0v) is 13.1. The Morgan fingerprint density at radius 3 is 2.65 bits per heavy atom. The Morgan fingerprint density at radius 1 is 1.40 bits per heavy atom. The highest BCUT2D eigenvalue weighted by atomic mass is 16.5. The van der Waals surface area contributed by atoms with Gasteiger partial charge < -0.3 is 15.0 Å². The third-order valence-corrected chi connectivity index (χ3v) is 3.39. The van der Waals surface area contributed by atoms with E-state index in [1.807, 2.05) is 26.1 Å². The van der Waals surface area contributed by atoms with Crippen LogP contribution < -0.4 is 15.0 Å². The van der Waals surface area contributed by atoms with Crippen molar-refractivity contribution in [2.24, 2.45) is 5.92 Å². The zero-order chi connectivity index (χ0) is 15.1. The number of hydrogen-bond acceptors (Lipinski definition) is 4. The Labute approximate surface area is 122 Å². The molecule has 2 unspecified atom stereocenters. The SMILES string of the molecule is CCNC(C)c1c(OC)cccc1N(C)CC(C)C#N. The molecule has 1 rings (SSSR count). The number of ether oxygens (including phenoxy) is 1. The van der Waals surface area contributed by atoms with Gasteiger partial charge in [-0.05, 0) is 32.5 Å². The molecule has 0 aliphatic heterocycles. The fraction of sp³-hybridized carbons (Fsp3) is 0.562. The first-order valence-electron chi connectivity index (χ1n) is 7.06. The second-order valence-corrected chi connectivity index (χ2v) is 5.08. The maximum atomic E-state index is 8.98. The molecule has 0 fully saturated rings. The largest absolute Gasteiger partial charge is 0.496 e. The molecule has 0 spiro atoms. The minimum absolute atomic E-state index is 0.00603. The summed E-state index contributed by atoms with van der Waals surface area (Å²) in [7, 11) is 3.71. The number of rotatable bonds is 7. The lowest BCUT2D eigenvalue weighted by atomic mass is 10.0. The van der Waals surface area contributed by atoms with Crippen LogP contribution in [0.25, 0.3) is 0 Å². The van der Waals surface area contributed by atoms with Crippen LogP contribution in [-0.2, 0) is 0 Å². The average molecular weight is 275 g/mol. The summed E-state index contributed by atoms with van der Waals surface area (Å²) in [6.07, 6.45) is 0. The van der Waals surface area contributed by atoms with Crippen LogP contribution in [0.1, 0.15) is 32.4 Å². The Morgan fingerprint density at radius 2 is 2.10 bits per heavy atom. The summed E-state index contributed by atoms with van der Waals surface area (Å²) in [5.74, 6) is 0.876. The molecule has 0 radical (unpaired) electrons. The molecule has 0 aliphatic carbocycles. The van der Waals surface area contributed by atoms with E-state index in [2.05, 4.69) is 36.2 Å². The molecule has 0 saturated heterocycles. The van der Waals surface area contributed by atoms with E-state index >= 15 is 0 Å². The summed E-state index contributed by atoms with van der Waals surface area (Å²) in [5, 5.41) is 12.4. The summed E-state index contributed by atoms with van der Waals surface area (Å²) < 4.78 is 5.50. The lowest BCUT2D eigenvalue weighted by Gasteiger charge is -2.27. The summed E-state index contributed by atoms with van der Waals surface area (Å²) in [6, 6.07) is 8.53. The van der Waals surface area contributed by atoms with Crippen molar-refractivity contribution in [3.8, 4) is 11.8 Å². The van der Waals surface area contributed by atoms with Gasteiger partial charge in [-0.3, -0.25) is 0 Å². The highest BCUT2D eigenvalue weighted by Gasteiger charge is 2.18. The Hall–Kier alpha value is -1.73. The number of nitriles is 1. The quantitative estimate of drug-likeness (QED) is 0.831. The van der Waals surface area contributed by atoms with Crippen molar-refractivity contribution in [1.82, 2.24) is 5.32 Å². The third-order valence-electron chi connectivity index (χ3n) is 3.39. The fourth-order valence-corrected chi connectivity index (χ4v) is 2.44. The van der Waals surface area contributed by atoms with Crippen LogP contribution in [0.3, 0.4) is 0 Å². The van der Waals surface area contributed by atoms with E-state index in [0.717, 1.165) is 23.5 Å². The lowest BCUT2D eigenvalue weighted by molar-refractivity contribution is 0.402. The van der Waals surface area contributed by atoms with Gasteiger partial charge in [0.1, 0.15) is 5.75 Å². The van der Waals surface area contributed by atoms with Crippen molar-refractivity contribution in [3.63, 3.8) is 0 Å². The third kappa shape index (κ3) is 3.88. The van der Waals surface area contributed by atoms with Crippen molar-refractivity contribution in [2.45, 2.75) is 26.8 Å². The Kier molecular flexibility index (Phi) is 6.33. The zero-order valence-electron chi connectivity index (χ0n) is 13.1. The number of anilines is 1. The van der Waals surface area contributed by atoms with Gasteiger partial charge in [-0.2, -0.15) is 5.26 Å². The first kappa shape index (κ1) is 16.3. The van der Waals surface area contributed by atoms with Crippen LogP contribution in [0.15, 0.2) is 18.2 Å². The number of methoxy groups -OCH3 is 1. The molecule has 4 nitrogen and oxygen atoms in total. The maximum absolute atomic E-state index is 8.98. The van der Waals surface area contributed by atoms with Crippen molar-refractivity contribution in [3.05, 3.63) is 23.8 Å². The number of benzene rings is 1. The molecule has 1 N–H and O–H groups in total. The van der Waals surface area contributed by atoms with Crippen molar-refractivity contribution in [1.29, 1.82) is 5.26 Å². The highest BCUT2D eigenvalue weighted by molar-refractivity contribution is 5.60. The number of nitrogens with one attached hydrogen (secondary N) is 1. The molecule has 0 saturated carbocycles. The van der Waals surface area contributed by atoms with Crippen LogP contribution >= 0.6 is 0 Å². The van der Waals surface area contributed by atoms with E-state index in [4.69, 9.17) is 10.00 Å². The van der Waals surface area contributed by atoms with E-state index in [9.17, 15) is 0 Å². The van der Waals surface area contributed by atoms with Crippen molar-refractivity contribution >= 4 is 5.69 Å². The first-order chi connectivity index (χ1) is 9.54. The van der Waals surface area contributed by atoms with Crippen LogP contribution in [-0.4, -0.2) is 27.2 Å².